The van der Waals surface area contributed by atoms with Gasteiger partial charge < -0.3 is 15.4 Å². The summed E-state index contributed by atoms with van der Waals surface area (Å²) in [7, 11) is 0. The third kappa shape index (κ3) is 4.11. The molecular weight excluding hydrogens is 331 g/mol. The molecule has 5 heteroatoms. The lowest BCUT2D eigenvalue weighted by Crippen LogP contribution is -2.60. The summed E-state index contributed by atoms with van der Waals surface area (Å²) in [6.07, 6.45) is 1.34. The molecule has 1 unspecified atom stereocenters. The molecule has 1 aliphatic rings. The highest BCUT2D eigenvalue weighted by molar-refractivity contribution is 5.86. The van der Waals surface area contributed by atoms with E-state index in [1.165, 1.54) is 12.1 Å². The summed E-state index contributed by atoms with van der Waals surface area (Å²) in [6, 6.07) is 14.3. The minimum Gasteiger partial charge on any atom is -0.362 e. The molecular formula is C21H25FN2O2. The van der Waals surface area contributed by atoms with E-state index in [0.29, 0.717) is 26.1 Å². The first-order valence-corrected chi connectivity index (χ1v) is 9.11. The number of benzene rings is 2. The highest BCUT2D eigenvalue weighted by Crippen LogP contribution is 2.29. The van der Waals surface area contributed by atoms with Crippen molar-refractivity contribution in [3.05, 3.63) is 59.9 Å². The molecule has 1 amide bonds. The molecule has 2 aromatic carbocycles. The molecule has 0 aromatic heterocycles. The number of amides is 1. The smallest absolute Gasteiger partial charge is 0.253 e. The maximum atomic E-state index is 13.3. The summed E-state index contributed by atoms with van der Waals surface area (Å²) >= 11 is 0. The van der Waals surface area contributed by atoms with E-state index in [2.05, 4.69) is 10.6 Å². The highest BCUT2D eigenvalue weighted by atomic mass is 19.1. The van der Waals surface area contributed by atoms with Crippen LogP contribution in [0.15, 0.2) is 48.5 Å². The van der Waals surface area contributed by atoms with Crippen LogP contribution in [-0.4, -0.2) is 37.7 Å². The predicted molar refractivity (Wildman–Crippen MR) is 100 cm³/mol. The lowest BCUT2D eigenvalue weighted by atomic mass is 9.87. The monoisotopic (exact) mass is 356 g/mol. The van der Waals surface area contributed by atoms with E-state index in [1.807, 2.05) is 31.2 Å². The van der Waals surface area contributed by atoms with Gasteiger partial charge in [-0.15, -0.1) is 0 Å². The Kier molecular flexibility index (Phi) is 6.01. The second-order valence-corrected chi connectivity index (χ2v) is 6.62. The lowest BCUT2D eigenvalue weighted by Gasteiger charge is -2.37. The van der Waals surface area contributed by atoms with Gasteiger partial charge in [0, 0.05) is 26.1 Å². The van der Waals surface area contributed by atoms with Crippen LogP contribution in [0.5, 0.6) is 0 Å². The van der Waals surface area contributed by atoms with E-state index >= 15 is 0 Å². The van der Waals surface area contributed by atoms with Gasteiger partial charge in [0.1, 0.15) is 5.82 Å². The Morgan fingerprint density at radius 1 is 1.23 bits per heavy atom. The van der Waals surface area contributed by atoms with Gasteiger partial charge in [0.15, 0.2) is 5.60 Å². The first kappa shape index (κ1) is 18.5. The zero-order valence-corrected chi connectivity index (χ0v) is 15.1. The molecule has 0 spiro atoms. The number of rotatable bonds is 6. The molecule has 3 rings (SSSR count). The minimum atomic E-state index is -0.927. The first-order chi connectivity index (χ1) is 12.6. The molecule has 0 saturated carbocycles. The van der Waals surface area contributed by atoms with Crippen LogP contribution in [-0.2, 0) is 16.0 Å². The van der Waals surface area contributed by atoms with Crippen LogP contribution in [0.1, 0.15) is 18.9 Å². The van der Waals surface area contributed by atoms with Gasteiger partial charge >= 0.3 is 0 Å². The molecule has 1 saturated heterocycles. The molecule has 26 heavy (non-hydrogen) atoms. The van der Waals surface area contributed by atoms with Crippen LogP contribution >= 0.6 is 0 Å². The fourth-order valence-corrected chi connectivity index (χ4v) is 3.29. The van der Waals surface area contributed by atoms with Crippen molar-refractivity contribution in [2.75, 3.05) is 26.2 Å². The molecule has 0 radical (unpaired) electrons. The van der Waals surface area contributed by atoms with Gasteiger partial charge in [-0.25, -0.2) is 4.39 Å². The van der Waals surface area contributed by atoms with Crippen molar-refractivity contribution in [1.29, 1.82) is 0 Å². The van der Waals surface area contributed by atoms with E-state index in [-0.39, 0.29) is 11.7 Å². The van der Waals surface area contributed by atoms with Crippen molar-refractivity contribution >= 4 is 5.91 Å². The average molecular weight is 356 g/mol. The van der Waals surface area contributed by atoms with Gasteiger partial charge in [0.05, 0.1) is 6.61 Å². The largest absolute Gasteiger partial charge is 0.362 e. The Hall–Kier alpha value is -2.24. The van der Waals surface area contributed by atoms with Crippen molar-refractivity contribution in [3.8, 4) is 11.1 Å². The van der Waals surface area contributed by atoms with Gasteiger partial charge in [-0.2, -0.15) is 0 Å². The van der Waals surface area contributed by atoms with Crippen molar-refractivity contribution in [2.45, 2.75) is 25.4 Å². The molecule has 1 heterocycles. The number of carbonyl (C=O) groups excluding carboxylic acids is 1. The summed E-state index contributed by atoms with van der Waals surface area (Å²) in [6.45, 7) is 4.36. The van der Waals surface area contributed by atoms with Gasteiger partial charge in [0.2, 0.25) is 0 Å². The Morgan fingerprint density at radius 2 is 2.00 bits per heavy atom. The summed E-state index contributed by atoms with van der Waals surface area (Å²) in [5.74, 6) is -0.345. The topological polar surface area (TPSA) is 50.4 Å². The molecule has 0 aliphatic carbocycles. The average Bonchev–Trinajstić information content (AvgIpc) is 2.68. The van der Waals surface area contributed by atoms with Gasteiger partial charge in [-0.1, -0.05) is 43.3 Å². The third-order valence-electron chi connectivity index (χ3n) is 4.67. The molecule has 138 valence electrons. The molecule has 2 aromatic rings. The summed E-state index contributed by atoms with van der Waals surface area (Å²) in [4.78, 5) is 12.9. The lowest BCUT2D eigenvalue weighted by molar-refractivity contribution is -0.150. The number of ether oxygens (including phenoxy) is 1. The maximum absolute atomic E-state index is 13.3. The van der Waals surface area contributed by atoms with Crippen LogP contribution in [0.2, 0.25) is 0 Å². The number of hydrogen-bond donors (Lipinski definition) is 2. The fourth-order valence-electron chi connectivity index (χ4n) is 3.29. The Bertz CT molecular complexity index is 740. The second kappa shape index (κ2) is 8.43. The van der Waals surface area contributed by atoms with Gasteiger partial charge in [-0.05, 0) is 35.2 Å². The molecule has 1 fully saturated rings. The van der Waals surface area contributed by atoms with Crippen molar-refractivity contribution in [3.63, 3.8) is 0 Å². The number of morpholine rings is 1. The molecule has 4 nitrogen and oxygen atoms in total. The normalized spacial score (nSPS) is 19.9. The van der Waals surface area contributed by atoms with Crippen molar-refractivity contribution in [1.82, 2.24) is 10.6 Å². The first-order valence-electron chi connectivity index (χ1n) is 9.11. The van der Waals surface area contributed by atoms with Gasteiger partial charge in [-0.3, -0.25) is 4.79 Å². The van der Waals surface area contributed by atoms with E-state index in [1.54, 1.807) is 12.1 Å². The van der Waals surface area contributed by atoms with Crippen LogP contribution < -0.4 is 10.6 Å². The minimum absolute atomic E-state index is 0.0829. The van der Waals surface area contributed by atoms with E-state index in [0.717, 1.165) is 29.7 Å². The molecule has 0 bridgehead atoms. The zero-order chi connectivity index (χ0) is 18.4. The number of nitrogens with one attached hydrogen (secondary N) is 2. The van der Waals surface area contributed by atoms with E-state index in [4.69, 9.17) is 4.74 Å². The van der Waals surface area contributed by atoms with Crippen LogP contribution in [0.4, 0.5) is 4.39 Å². The SMILES string of the molecule is CCCNC(=O)C1(Cc2ccccc2-c2ccc(F)cc2)CNCCO1. The summed E-state index contributed by atoms with van der Waals surface area (Å²) in [5, 5.41) is 6.26. The Balaban J connectivity index is 1.92. The highest BCUT2D eigenvalue weighted by Gasteiger charge is 2.41. The fraction of sp³-hybridized carbons (Fsp3) is 0.381. The maximum Gasteiger partial charge on any atom is 0.253 e. The number of carbonyl (C=O) groups is 1. The standard InChI is InChI=1S/C21H25FN2O2/c1-2-11-24-20(25)21(15-23-12-13-26-21)14-17-5-3-4-6-19(17)16-7-9-18(22)10-8-16/h3-10,23H,2,11-15H2,1H3,(H,24,25). The quantitative estimate of drug-likeness (QED) is 0.837. The number of halogens is 1. The predicted octanol–water partition coefficient (Wildman–Crippen LogP) is 2.92. The Morgan fingerprint density at radius 3 is 2.69 bits per heavy atom. The third-order valence-corrected chi connectivity index (χ3v) is 4.67. The van der Waals surface area contributed by atoms with E-state index < -0.39 is 5.60 Å². The van der Waals surface area contributed by atoms with Crippen molar-refractivity contribution in [2.24, 2.45) is 0 Å². The Labute approximate surface area is 153 Å². The van der Waals surface area contributed by atoms with Crippen LogP contribution in [0.3, 0.4) is 0 Å². The molecule has 1 aliphatic heterocycles. The zero-order valence-electron chi connectivity index (χ0n) is 15.1. The summed E-state index contributed by atoms with van der Waals surface area (Å²) < 4.78 is 19.3. The van der Waals surface area contributed by atoms with Crippen LogP contribution in [0.25, 0.3) is 11.1 Å². The molecule has 2 N–H and O–H groups in total. The number of hydrogen-bond acceptors (Lipinski definition) is 3. The van der Waals surface area contributed by atoms with Crippen LogP contribution in [0, 0.1) is 5.82 Å². The van der Waals surface area contributed by atoms with E-state index in [9.17, 15) is 9.18 Å². The van der Waals surface area contributed by atoms with Crippen molar-refractivity contribution < 1.29 is 13.9 Å². The van der Waals surface area contributed by atoms with Gasteiger partial charge in [0.25, 0.3) is 5.91 Å². The second-order valence-electron chi connectivity index (χ2n) is 6.62. The molecule has 1 atom stereocenters. The summed E-state index contributed by atoms with van der Waals surface area (Å²) in [5.41, 5.74) is 2.00.